The van der Waals surface area contributed by atoms with E-state index in [0.717, 1.165) is 18.6 Å². The molecular formula is C13H17NO4. The van der Waals surface area contributed by atoms with Crippen molar-refractivity contribution in [3.05, 3.63) is 24.3 Å². The highest BCUT2D eigenvalue weighted by Gasteiger charge is 2.49. The number of methoxy groups -OCH3 is 1. The summed E-state index contributed by atoms with van der Waals surface area (Å²) in [5.41, 5.74) is 4.62. The van der Waals surface area contributed by atoms with Crippen molar-refractivity contribution in [1.29, 1.82) is 0 Å². The number of rotatable bonds is 6. The van der Waals surface area contributed by atoms with Gasteiger partial charge in [0.25, 0.3) is 0 Å². The summed E-state index contributed by atoms with van der Waals surface area (Å²) in [6, 6.07) is 6.97. The second-order valence-corrected chi connectivity index (χ2v) is 4.58. The van der Waals surface area contributed by atoms with Crippen molar-refractivity contribution in [1.82, 2.24) is 0 Å². The van der Waals surface area contributed by atoms with Gasteiger partial charge in [-0.05, 0) is 43.0 Å². The lowest BCUT2D eigenvalue weighted by molar-refractivity contribution is -0.145. The number of hydrogen-bond acceptors (Lipinski definition) is 4. The number of hydrogen-bond donors (Lipinski definition) is 2. The Labute approximate surface area is 106 Å². The van der Waals surface area contributed by atoms with Gasteiger partial charge in [0.05, 0.1) is 7.11 Å². The smallest absolute Gasteiger partial charge is 0.327 e. The van der Waals surface area contributed by atoms with Gasteiger partial charge in [-0.25, -0.2) is 0 Å². The Morgan fingerprint density at radius 3 is 2.39 bits per heavy atom. The highest BCUT2D eigenvalue weighted by atomic mass is 16.5. The molecule has 1 aromatic carbocycles. The van der Waals surface area contributed by atoms with Crippen molar-refractivity contribution < 1.29 is 19.4 Å². The molecular weight excluding hydrogens is 234 g/mol. The van der Waals surface area contributed by atoms with Gasteiger partial charge < -0.3 is 20.3 Å². The molecule has 1 aliphatic carbocycles. The molecule has 0 radical (unpaired) electrons. The third-order valence-electron chi connectivity index (χ3n) is 3.24. The fraction of sp³-hybridized carbons (Fsp3) is 0.462. The quantitative estimate of drug-likeness (QED) is 0.795. The van der Waals surface area contributed by atoms with E-state index >= 15 is 0 Å². The van der Waals surface area contributed by atoms with Crippen molar-refractivity contribution in [3.63, 3.8) is 0 Å². The van der Waals surface area contributed by atoms with Crippen LogP contribution in [0.2, 0.25) is 0 Å². The maximum atomic E-state index is 11.2. The Bertz CT molecular complexity index is 427. The SMILES string of the molecule is COc1ccc(OCC(N)(C(=O)O)C2CC2)cc1. The van der Waals surface area contributed by atoms with Crippen molar-refractivity contribution in [2.75, 3.05) is 13.7 Å². The van der Waals surface area contributed by atoms with Gasteiger partial charge in [0, 0.05) is 0 Å². The molecule has 5 heteroatoms. The van der Waals surface area contributed by atoms with Gasteiger partial charge in [-0.3, -0.25) is 4.79 Å². The lowest BCUT2D eigenvalue weighted by atomic mass is 9.96. The first-order chi connectivity index (χ1) is 8.56. The molecule has 2 rings (SSSR count). The molecule has 1 aromatic rings. The van der Waals surface area contributed by atoms with Crippen LogP contribution in [0.1, 0.15) is 12.8 Å². The molecule has 0 saturated heterocycles. The number of benzene rings is 1. The van der Waals surface area contributed by atoms with Crippen LogP contribution in [0.5, 0.6) is 11.5 Å². The van der Waals surface area contributed by atoms with Crippen LogP contribution in [0, 0.1) is 5.92 Å². The molecule has 18 heavy (non-hydrogen) atoms. The van der Waals surface area contributed by atoms with Crippen LogP contribution in [-0.2, 0) is 4.79 Å². The molecule has 5 nitrogen and oxygen atoms in total. The van der Waals surface area contributed by atoms with E-state index in [-0.39, 0.29) is 12.5 Å². The zero-order chi connectivity index (χ0) is 13.2. The number of aliphatic carboxylic acids is 1. The fourth-order valence-corrected chi connectivity index (χ4v) is 1.83. The molecule has 3 N–H and O–H groups in total. The van der Waals surface area contributed by atoms with Crippen LogP contribution < -0.4 is 15.2 Å². The molecule has 1 saturated carbocycles. The average Bonchev–Trinajstić information content (AvgIpc) is 3.21. The fourth-order valence-electron chi connectivity index (χ4n) is 1.83. The standard InChI is InChI=1S/C13H17NO4/c1-17-10-4-6-11(7-5-10)18-8-13(14,12(15)16)9-2-3-9/h4-7,9H,2-3,8,14H2,1H3,(H,15,16). The molecule has 1 fully saturated rings. The average molecular weight is 251 g/mol. The molecule has 1 unspecified atom stereocenters. The largest absolute Gasteiger partial charge is 0.497 e. The van der Waals surface area contributed by atoms with Crippen molar-refractivity contribution in [2.45, 2.75) is 18.4 Å². The van der Waals surface area contributed by atoms with Gasteiger partial charge in [-0.2, -0.15) is 0 Å². The predicted molar refractivity (Wildman–Crippen MR) is 65.8 cm³/mol. The number of carbonyl (C=O) groups is 1. The highest BCUT2D eigenvalue weighted by Crippen LogP contribution is 2.38. The van der Waals surface area contributed by atoms with Gasteiger partial charge in [0.15, 0.2) is 5.54 Å². The van der Waals surface area contributed by atoms with Crippen LogP contribution in [-0.4, -0.2) is 30.3 Å². The predicted octanol–water partition coefficient (Wildman–Crippen LogP) is 1.27. The molecule has 0 aromatic heterocycles. The van der Waals surface area contributed by atoms with Gasteiger partial charge in [-0.1, -0.05) is 0 Å². The minimum absolute atomic E-state index is 0.0146. The number of carboxylic acids is 1. The van der Waals surface area contributed by atoms with Crippen molar-refractivity contribution in [2.24, 2.45) is 11.7 Å². The first-order valence-electron chi connectivity index (χ1n) is 5.85. The van der Waals surface area contributed by atoms with E-state index in [1.54, 1.807) is 31.4 Å². The van der Waals surface area contributed by atoms with Crippen molar-refractivity contribution in [3.8, 4) is 11.5 Å². The minimum atomic E-state index is -1.28. The van der Waals surface area contributed by atoms with E-state index in [1.807, 2.05) is 0 Å². The molecule has 0 aliphatic heterocycles. The summed E-state index contributed by atoms with van der Waals surface area (Å²) in [7, 11) is 1.58. The zero-order valence-corrected chi connectivity index (χ0v) is 10.3. The summed E-state index contributed by atoms with van der Waals surface area (Å²) < 4.78 is 10.5. The number of ether oxygens (including phenoxy) is 2. The summed E-state index contributed by atoms with van der Waals surface area (Å²) in [5, 5.41) is 9.18. The van der Waals surface area contributed by atoms with E-state index in [1.165, 1.54) is 0 Å². The van der Waals surface area contributed by atoms with Crippen LogP contribution in [0.4, 0.5) is 0 Å². The summed E-state index contributed by atoms with van der Waals surface area (Å²) in [4.78, 5) is 11.2. The van der Waals surface area contributed by atoms with Crippen LogP contribution in [0.3, 0.4) is 0 Å². The molecule has 0 heterocycles. The van der Waals surface area contributed by atoms with E-state index < -0.39 is 11.5 Å². The van der Waals surface area contributed by atoms with Gasteiger partial charge >= 0.3 is 5.97 Å². The normalized spacial score (nSPS) is 17.9. The van der Waals surface area contributed by atoms with Gasteiger partial charge in [0.2, 0.25) is 0 Å². The maximum absolute atomic E-state index is 11.2. The third kappa shape index (κ3) is 2.56. The van der Waals surface area contributed by atoms with E-state index in [2.05, 4.69) is 0 Å². The van der Waals surface area contributed by atoms with Crippen molar-refractivity contribution >= 4 is 5.97 Å². The lowest BCUT2D eigenvalue weighted by Gasteiger charge is -2.24. The minimum Gasteiger partial charge on any atom is -0.497 e. The Hall–Kier alpha value is -1.75. The summed E-state index contributed by atoms with van der Waals surface area (Å²) >= 11 is 0. The molecule has 1 atom stereocenters. The summed E-state index contributed by atoms with van der Waals surface area (Å²) in [6.45, 7) is -0.0146. The Morgan fingerprint density at radius 2 is 1.94 bits per heavy atom. The number of carboxylic acid groups (broad SMARTS) is 1. The Balaban J connectivity index is 1.98. The molecule has 1 aliphatic rings. The second-order valence-electron chi connectivity index (χ2n) is 4.58. The molecule has 0 spiro atoms. The molecule has 0 bridgehead atoms. The lowest BCUT2D eigenvalue weighted by Crippen LogP contribution is -2.54. The van der Waals surface area contributed by atoms with Crippen LogP contribution in [0.25, 0.3) is 0 Å². The van der Waals surface area contributed by atoms with E-state index in [9.17, 15) is 9.90 Å². The van der Waals surface area contributed by atoms with Crippen LogP contribution in [0.15, 0.2) is 24.3 Å². The number of nitrogens with two attached hydrogens (primary N) is 1. The molecule has 98 valence electrons. The summed E-state index contributed by atoms with van der Waals surface area (Å²) in [6.07, 6.45) is 1.71. The van der Waals surface area contributed by atoms with E-state index in [4.69, 9.17) is 15.2 Å². The first-order valence-corrected chi connectivity index (χ1v) is 5.85. The Kier molecular flexibility index (Phi) is 3.43. The van der Waals surface area contributed by atoms with E-state index in [0.29, 0.717) is 5.75 Å². The monoisotopic (exact) mass is 251 g/mol. The van der Waals surface area contributed by atoms with Crippen LogP contribution >= 0.6 is 0 Å². The first kappa shape index (κ1) is 12.7. The second kappa shape index (κ2) is 4.86. The highest BCUT2D eigenvalue weighted by molar-refractivity contribution is 5.79. The maximum Gasteiger partial charge on any atom is 0.327 e. The topological polar surface area (TPSA) is 81.8 Å². The van der Waals surface area contributed by atoms with Gasteiger partial charge in [0.1, 0.15) is 18.1 Å². The zero-order valence-electron chi connectivity index (χ0n) is 10.3. The molecule has 0 amide bonds. The Morgan fingerprint density at radius 1 is 1.39 bits per heavy atom. The third-order valence-corrected chi connectivity index (χ3v) is 3.24. The summed E-state index contributed by atoms with van der Waals surface area (Å²) in [5.74, 6) is 0.334. The van der Waals surface area contributed by atoms with Gasteiger partial charge in [-0.15, -0.1) is 0 Å².